The third-order valence-corrected chi connectivity index (χ3v) is 4.66. The minimum Gasteiger partial charge on any atom is -0.384 e. The van der Waals surface area contributed by atoms with Gasteiger partial charge in [0, 0.05) is 23.5 Å². The Labute approximate surface area is 177 Å². The Hall–Kier alpha value is -4.35. The van der Waals surface area contributed by atoms with E-state index in [9.17, 15) is 17.6 Å². The first kappa shape index (κ1) is 19.6. The Balaban J connectivity index is 1.70. The maximum Gasteiger partial charge on any atom is 0.453 e. The summed E-state index contributed by atoms with van der Waals surface area (Å²) in [5, 5.41) is 15.2. The smallest absolute Gasteiger partial charge is 0.384 e. The Morgan fingerprint density at radius 1 is 0.875 bits per heavy atom. The molecule has 0 amide bonds. The van der Waals surface area contributed by atoms with Gasteiger partial charge >= 0.3 is 6.18 Å². The normalized spacial score (nSPS) is 11.9. The van der Waals surface area contributed by atoms with E-state index in [4.69, 9.17) is 5.73 Å². The van der Waals surface area contributed by atoms with Crippen LogP contribution in [0.4, 0.5) is 23.4 Å². The van der Waals surface area contributed by atoms with E-state index in [0.29, 0.717) is 26.9 Å². The summed E-state index contributed by atoms with van der Waals surface area (Å²) in [6.45, 7) is 0. The number of nitrogens with two attached hydrogens (primary N) is 1. The predicted molar refractivity (Wildman–Crippen MR) is 106 cm³/mol. The lowest BCUT2D eigenvalue weighted by Gasteiger charge is -2.05. The molecule has 0 bridgehead atoms. The minimum atomic E-state index is -4.73. The van der Waals surface area contributed by atoms with E-state index >= 15 is 0 Å². The summed E-state index contributed by atoms with van der Waals surface area (Å²) in [6.07, 6.45) is -1.61. The molecular formula is C20H12F4N8. The molecule has 0 fully saturated rings. The maximum atomic E-state index is 13.4. The summed E-state index contributed by atoms with van der Waals surface area (Å²) >= 11 is 0. The molecule has 0 spiro atoms. The van der Waals surface area contributed by atoms with Gasteiger partial charge in [-0.3, -0.25) is 0 Å². The molecule has 0 aliphatic rings. The van der Waals surface area contributed by atoms with Crippen LogP contribution in [0.3, 0.4) is 0 Å². The van der Waals surface area contributed by atoms with E-state index < -0.39 is 17.8 Å². The number of anilines is 1. The molecule has 2 N–H and O–H groups in total. The fraction of sp³-hybridized carbons (Fsp3) is 0.0500. The van der Waals surface area contributed by atoms with Crippen LogP contribution in [0.2, 0.25) is 0 Å². The van der Waals surface area contributed by atoms with Crippen molar-refractivity contribution in [3.05, 3.63) is 72.6 Å². The van der Waals surface area contributed by atoms with Crippen molar-refractivity contribution in [3.63, 3.8) is 0 Å². The van der Waals surface area contributed by atoms with Gasteiger partial charge in [-0.05, 0) is 54.1 Å². The molecule has 0 atom stereocenters. The summed E-state index contributed by atoms with van der Waals surface area (Å²) in [6, 6.07) is 11.8. The van der Waals surface area contributed by atoms with Crippen LogP contribution in [0, 0.1) is 5.82 Å². The molecule has 5 aromatic rings. The highest BCUT2D eigenvalue weighted by molar-refractivity contribution is 5.81. The van der Waals surface area contributed by atoms with Crippen molar-refractivity contribution in [2.24, 2.45) is 0 Å². The van der Waals surface area contributed by atoms with Crippen molar-refractivity contribution in [1.29, 1.82) is 0 Å². The van der Waals surface area contributed by atoms with Gasteiger partial charge in [0.15, 0.2) is 11.5 Å². The molecule has 0 aliphatic heterocycles. The van der Waals surface area contributed by atoms with Gasteiger partial charge < -0.3 is 5.73 Å². The molecule has 0 unspecified atom stereocenters. The number of nitrogen functional groups attached to an aromatic ring is 1. The lowest BCUT2D eigenvalue weighted by atomic mass is 10.0. The van der Waals surface area contributed by atoms with Crippen molar-refractivity contribution in [2.75, 3.05) is 5.73 Å². The van der Waals surface area contributed by atoms with Gasteiger partial charge in [0.05, 0.1) is 0 Å². The summed E-state index contributed by atoms with van der Waals surface area (Å²) in [5.41, 5.74) is 8.07. The van der Waals surface area contributed by atoms with Crippen LogP contribution in [0.1, 0.15) is 5.82 Å². The number of aromatic nitrogens is 7. The fourth-order valence-corrected chi connectivity index (χ4v) is 3.22. The molecular weight excluding hydrogens is 428 g/mol. The van der Waals surface area contributed by atoms with Gasteiger partial charge in [-0.2, -0.15) is 22.8 Å². The molecule has 4 heterocycles. The molecule has 32 heavy (non-hydrogen) atoms. The number of hydrogen-bond donors (Lipinski definition) is 1. The van der Waals surface area contributed by atoms with Crippen molar-refractivity contribution >= 4 is 11.5 Å². The molecule has 0 saturated carbocycles. The first-order valence-corrected chi connectivity index (χ1v) is 9.17. The van der Waals surface area contributed by atoms with Crippen LogP contribution in [0.25, 0.3) is 33.8 Å². The van der Waals surface area contributed by atoms with Crippen LogP contribution in [0.5, 0.6) is 0 Å². The first-order chi connectivity index (χ1) is 15.3. The zero-order valence-electron chi connectivity index (χ0n) is 16.0. The van der Waals surface area contributed by atoms with E-state index in [1.165, 1.54) is 35.1 Å². The third-order valence-electron chi connectivity index (χ3n) is 4.66. The zero-order valence-corrected chi connectivity index (χ0v) is 16.0. The largest absolute Gasteiger partial charge is 0.453 e. The lowest BCUT2D eigenvalue weighted by Crippen LogP contribution is -2.13. The summed E-state index contributed by atoms with van der Waals surface area (Å²) in [5.74, 6) is -1.29. The number of fused-ring (bicyclic) bond motifs is 1. The number of halogens is 4. The van der Waals surface area contributed by atoms with Crippen molar-refractivity contribution in [1.82, 2.24) is 34.6 Å². The fourth-order valence-electron chi connectivity index (χ4n) is 3.22. The van der Waals surface area contributed by atoms with E-state index in [2.05, 4.69) is 25.4 Å². The number of alkyl halides is 3. The summed E-state index contributed by atoms with van der Waals surface area (Å²) < 4.78 is 55.1. The van der Waals surface area contributed by atoms with Crippen LogP contribution in [-0.2, 0) is 6.18 Å². The Bertz CT molecular complexity index is 1440. The van der Waals surface area contributed by atoms with Gasteiger partial charge in [-0.1, -0.05) is 0 Å². The summed E-state index contributed by atoms with van der Waals surface area (Å²) in [4.78, 5) is 3.97. The van der Waals surface area contributed by atoms with Crippen molar-refractivity contribution in [3.8, 4) is 28.2 Å². The molecule has 0 aliphatic carbocycles. The van der Waals surface area contributed by atoms with E-state index in [1.54, 1.807) is 30.5 Å². The molecule has 8 nitrogen and oxygen atoms in total. The Morgan fingerprint density at radius 2 is 1.66 bits per heavy atom. The highest BCUT2D eigenvalue weighted by atomic mass is 19.4. The molecule has 0 radical (unpaired) electrons. The van der Waals surface area contributed by atoms with Crippen LogP contribution >= 0.6 is 0 Å². The van der Waals surface area contributed by atoms with Gasteiger partial charge in [-0.25, -0.2) is 14.1 Å². The monoisotopic (exact) mass is 440 g/mol. The van der Waals surface area contributed by atoms with Gasteiger partial charge in [0.25, 0.3) is 5.82 Å². The van der Waals surface area contributed by atoms with E-state index in [-0.39, 0.29) is 17.3 Å². The molecule has 12 heteroatoms. The van der Waals surface area contributed by atoms with Gasteiger partial charge in [0.1, 0.15) is 17.3 Å². The second-order valence-corrected chi connectivity index (χ2v) is 6.80. The third kappa shape index (κ3) is 3.41. The number of nitrogens with zero attached hydrogens (tertiary/aromatic N) is 7. The van der Waals surface area contributed by atoms with Crippen LogP contribution in [-0.4, -0.2) is 34.6 Å². The molecule has 1 aromatic carbocycles. The van der Waals surface area contributed by atoms with E-state index in [1.807, 2.05) is 0 Å². The SMILES string of the molecule is Nc1cc(-c2cn(-c3ccc4nnc(C(F)(F)F)n4n3)nc2-c2ccc(F)cc2)ccn1. The number of pyridine rings is 1. The Kier molecular flexibility index (Phi) is 4.36. The number of benzene rings is 1. The zero-order chi connectivity index (χ0) is 22.5. The topological polar surface area (TPSA) is 99.8 Å². The molecule has 5 rings (SSSR count). The second-order valence-electron chi connectivity index (χ2n) is 6.80. The highest BCUT2D eigenvalue weighted by Gasteiger charge is 2.37. The number of rotatable bonds is 3. The quantitative estimate of drug-likeness (QED) is 0.429. The highest BCUT2D eigenvalue weighted by Crippen LogP contribution is 2.33. The van der Waals surface area contributed by atoms with Crippen LogP contribution in [0.15, 0.2) is 60.9 Å². The Morgan fingerprint density at radius 3 is 2.38 bits per heavy atom. The van der Waals surface area contributed by atoms with E-state index in [0.717, 1.165) is 0 Å². The first-order valence-electron chi connectivity index (χ1n) is 9.17. The molecule has 4 aromatic heterocycles. The minimum absolute atomic E-state index is 0.0610. The number of hydrogen-bond acceptors (Lipinski definition) is 6. The van der Waals surface area contributed by atoms with Crippen molar-refractivity contribution in [2.45, 2.75) is 6.18 Å². The summed E-state index contributed by atoms with van der Waals surface area (Å²) in [7, 11) is 0. The maximum absolute atomic E-state index is 13.4. The van der Waals surface area contributed by atoms with Crippen molar-refractivity contribution < 1.29 is 17.6 Å². The van der Waals surface area contributed by atoms with Crippen LogP contribution < -0.4 is 5.73 Å². The molecule has 0 saturated heterocycles. The average Bonchev–Trinajstić information content (AvgIpc) is 3.38. The predicted octanol–water partition coefficient (Wildman–Crippen LogP) is 3.78. The second kappa shape index (κ2) is 7.11. The standard InChI is InChI=1S/C20H12F4N8/c21-13-3-1-11(2-4-13)18-14(12-7-8-26-15(25)9-12)10-31(30-18)17-6-5-16-27-28-19(20(22,23)24)32(16)29-17/h1-10H,(H2,25,26). The lowest BCUT2D eigenvalue weighted by molar-refractivity contribution is -0.146. The average molecular weight is 440 g/mol. The molecule has 160 valence electrons. The van der Waals surface area contributed by atoms with Gasteiger partial charge in [-0.15, -0.1) is 15.3 Å². The van der Waals surface area contributed by atoms with Gasteiger partial charge in [0.2, 0.25) is 0 Å².